The molecule has 1 spiro atoms. The lowest BCUT2D eigenvalue weighted by atomic mass is 9.73. The Hall–Kier alpha value is -0.0800. The Balaban J connectivity index is 1.47. The smallest absolute Gasteiger partial charge is 0.0697 e. The van der Waals surface area contributed by atoms with E-state index in [1.54, 1.807) is 0 Å². The van der Waals surface area contributed by atoms with E-state index < -0.39 is 0 Å². The number of rotatable bonds is 3. The molecule has 0 aromatic rings. The molecular weight excluding hydrogens is 222 g/mol. The molecule has 18 heavy (non-hydrogen) atoms. The molecule has 104 valence electrons. The Bertz CT molecular complexity index is 279. The second-order valence-electron chi connectivity index (χ2n) is 7.33. The van der Waals surface area contributed by atoms with E-state index in [2.05, 4.69) is 12.2 Å². The predicted octanol–water partition coefficient (Wildman–Crippen LogP) is 3.65. The Morgan fingerprint density at radius 2 is 1.83 bits per heavy atom. The fraction of sp³-hybridized carbons (Fsp3) is 1.00. The maximum Gasteiger partial charge on any atom is 0.0697 e. The van der Waals surface area contributed by atoms with Crippen molar-refractivity contribution < 1.29 is 4.74 Å². The third kappa shape index (κ3) is 2.75. The van der Waals surface area contributed by atoms with Crippen LogP contribution in [0.5, 0.6) is 0 Å². The molecule has 2 saturated carbocycles. The second kappa shape index (κ2) is 5.13. The predicted molar refractivity (Wildman–Crippen MR) is 74.8 cm³/mol. The monoisotopic (exact) mass is 251 g/mol. The lowest BCUT2D eigenvalue weighted by Crippen LogP contribution is -2.52. The van der Waals surface area contributed by atoms with Gasteiger partial charge in [-0.2, -0.15) is 0 Å². The van der Waals surface area contributed by atoms with Crippen molar-refractivity contribution in [3.05, 3.63) is 0 Å². The molecule has 1 heterocycles. The van der Waals surface area contributed by atoms with Crippen molar-refractivity contribution in [3.63, 3.8) is 0 Å². The molecule has 2 nitrogen and oxygen atoms in total. The van der Waals surface area contributed by atoms with Gasteiger partial charge in [0.05, 0.1) is 5.60 Å². The third-order valence-electron chi connectivity index (χ3n) is 5.64. The molecule has 1 aliphatic heterocycles. The molecule has 2 heteroatoms. The summed E-state index contributed by atoms with van der Waals surface area (Å²) in [5, 5.41) is 3.88. The van der Waals surface area contributed by atoms with Crippen molar-refractivity contribution in [2.24, 2.45) is 5.41 Å². The van der Waals surface area contributed by atoms with Crippen molar-refractivity contribution in [1.82, 2.24) is 5.32 Å². The molecule has 3 aliphatic rings. The highest BCUT2D eigenvalue weighted by Crippen LogP contribution is 2.42. The molecule has 0 aromatic heterocycles. The van der Waals surface area contributed by atoms with Crippen LogP contribution in [0.25, 0.3) is 0 Å². The van der Waals surface area contributed by atoms with Crippen molar-refractivity contribution in [2.45, 2.75) is 82.8 Å². The van der Waals surface area contributed by atoms with Gasteiger partial charge in [0, 0.05) is 19.2 Å². The summed E-state index contributed by atoms with van der Waals surface area (Å²) in [7, 11) is 0. The van der Waals surface area contributed by atoms with Crippen LogP contribution in [0.2, 0.25) is 0 Å². The summed E-state index contributed by atoms with van der Waals surface area (Å²) in [6.45, 7) is 4.69. The third-order valence-corrected chi connectivity index (χ3v) is 5.64. The maximum absolute atomic E-state index is 6.01. The van der Waals surface area contributed by atoms with Gasteiger partial charge in [0.1, 0.15) is 0 Å². The number of hydrogen-bond acceptors (Lipinski definition) is 2. The van der Waals surface area contributed by atoms with Gasteiger partial charge in [-0.25, -0.2) is 0 Å². The largest absolute Gasteiger partial charge is 0.375 e. The van der Waals surface area contributed by atoms with Crippen LogP contribution in [0.3, 0.4) is 0 Å². The minimum Gasteiger partial charge on any atom is -0.375 e. The van der Waals surface area contributed by atoms with E-state index >= 15 is 0 Å². The maximum atomic E-state index is 6.01. The lowest BCUT2D eigenvalue weighted by molar-refractivity contribution is -0.136. The number of ether oxygens (including phenoxy) is 1. The Labute approximate surface area is 112 Å². The normalized spacial score (nSPS) is 34.2. The highest BCUT2D eigenvalue weighted by Gasteiger charge is 2.42. The molecule has 1 saturated heterocycles. The molecule has 0 radical (unpaired) electrons. The molecule has 0 amide bonds. The first-order valence-corrected chi connectivity index (χ1v) is 8.07. The van der Waals surface area contributed by atoms with Gasteiger partial charge >= 0.3 is 0 Å². The van der Waals surface area contributed by atoms with Crippen molar-refractivity contribution in [3.8, 4) is 0 Å². The van der Waals surface area contributed by atoms with Crippen LogP contribution in [0, 0.1) is 5.41 Å². The first-order valence-electron chi connectivity index (χ1n) is 8.07. The van der Waals surface area contributed by atoms with E-state index in [9.17, 15) is 0 Å². The van der Waals surface area contributed by atoms with Crippen molar-refractivity contribution >= 4 is 0 Å². The summed E-state index contributed by atoms with van der Waals surface area (Å²) in [6.07, 6.45) is 13.7. The van der Waals surface area contributed by atoms with E-state index in [1.165, 1.54) is 70.8 Å². The van der Waals surface area contributed by atoms with Crippen LogP contribution in [0.1, 0.15) is 71.1 Å². The molecule has 3 fully saturated rings. The molecule has 0 aromatic carbocycles. The number of nitrogens with one attached hydrogen (secondary N) is 1. The topological polar surface area (TPSA) is 21.3 Å². The molecule has 3 rings (SSSR count). The summed E-state index contributed by atoms with van der Waals surface area (Å²) in [6, 6.07) is 0.720. The summed E-state index contributed by atoms with van der Waals surface area (Å²) < 4.78 is 6.01. The summed E-state index contributed by atoms with van der Waals surface area (Å²) >= 11 is 0. The van der Waals surface area contributed by atoms with Gasteiger partial charge in [-0.15, -0.1) is 0 Å². The second-order valence-corrected chi connectivity index (χ2v) is 7.33. The zero-order valence-corrected chi connectivity index (χ0v) is 12.0. The minimum atomic E-state index is 0.295. The van der Waals surface area contributed by atoms with Gasteiger partial charge < -0.3 is 10.1 Å². The van der Waals surface area contributed by atoms with Gasteiger partial charge in [0.15, 0.2) is 0 Å². The van der Waals surface area contributed by atoms with E-state index in [4.69, 9.17) is 4.74 Å². The SMILES string of the molecule is CC1(CNC2CCOC3(CCC3)C2)CCCCC1. The van der Waals surface area contributed by atoms with Crippen LogP contribution in [-0.2, 0) is 4.74 Å². The van der Waals surface area contributed by atoms with Crippen LogP contribution >= 0.6 is 0 Å². The fourth-order valence-corrected chi connectivity index (χ4v) is 4.09. The van der Waals surface area contributed by atoms with Gasteiger partial charge in [-0.1, -0.05) is 26.2 Å². The fourth-order valence-electron chi connectivity index (χ4n) is 4.09. The standard InChI is InChI=1S/C16H29NO/c1-15(7-3-2-4-8-15)13-17-14-6-11-18-16(12-14)9-5-10-16/h14,17H,2-13H2,1H3. The highest BCUT2D eigenvalue weighted by atomic mass is 16.5. The molecule has 2 aliphatic carbocycles. The minimum absolute atomic E-state index is 0.295. The van der Waals surface area contributed by atoms with Gasteiger partial charge in [-0.3, -0.25) is 0 Å². The summed E-state index contributed by atoms with van der Waals surface area (Å²) in [5.41, 5.74) is 0.868. The number of hydrogen-bond donors (Lipinski definition) is 1. The van der Waals surface area contributed by atoms with E-state index in [0.717, 1.165) is 12.6 Å². The van der Waals surface area contributed by atoms with Crippen LogP contribution in [0.4, 0.5) is 0 Å². The summed E-state index contributed by atoms with van der Waals surface area (Å²) in [5.74, 6) is 0. The summed E-state index contributed by atoms with van der Waals surface area (Å²) in [4.78, 5) is 0. The highest BCUT2D eigenvalue weighted by molar-refractivity contribution is 4.96. The van der Waals surface area contributed by atoms with Gasteiger partial charge in [0.2, 0.25) is 0 Å². The zero-order valence-electron chi connectivity index (χ0n) is 12.0. The Morgan fingerprint density at radius 3 is 2.50 bits per heavy atom. The Kier molecular flexibility index (Phi) is 3.68. The quantitative estimate of drug-likeness (QED) is 0.826. The first kappa shape index (κ1) is 12.9. The molecule has 1 atom stereocenters. The van der Waals surface area contributed by atoms with Gasteiger partial charge in [-0.05, 0) is 50.4 Å². The van der Waals surface area contributed by atoms with E-state index in [-0.39, 0.29) is 0 Å². The molecule has 0 bridgehead atoms. The average Bonchev–Trinajstić information content (AvgIpc) is 2.36. The molecular formula is C16H29NO. The van der Waals surface area contributed by atoms with Crippen LogP contribution in [-0.4, -0.2) is 24.8 Å². The first-order chi connectivity index (χ1) is 8.70. The van der Waals surface area contributed by atoms with Crippen molar-refractivity contribution in [1.29, 1.82) is 0 Å². The van der Waals surface area contributed by atoms with Crippen molar-refractivity contribution in [2.75, 3.05) is 13.2 Å². The van der Waals surface area contributed by atoms with E-state index in [0.29, 0.717) is 11.0 Å². The zero-order chi connectivity index (χ0) is 12.5. The van der Waals surface area contributed by atoms with E-state index in [1.807, 2.05) is 0 Å². The molecule has 1 N–H and O–H groups in total. The lowest BCUT2D eigenvalue weighted by Gasteiger charge is -2.48. The van der Waals surface area contributed by atoms with Crippen LogP contribution in [0.15, 0.2) is 0 Å². The van der Waals surface area contributed by atoms with Crippen LogP contribution < -0.4 is 5.32 Å². The Morgan fingerprint density at radius 1 is 1.06 bits per heavy atom. The molecule has 1 unspecified atom stereocenters. The average molecular weight is 251 g/mol. The van der Waals surface area contributed by atoms with Gasteiger partial charge in [0.25, 0.3) is 0 Å².